The van der Waals surface area contributed by atoms with Crippen LogP contribution in [0.15, 0.2) is 0 Å². The third-order valence-electron chi connectivity index (χ3n) is 4.09. The number of alkyl halides is 4. The van der Waals surface area contributed by atoms with Gasteiger partial charge in [-0.05, 0) is 6.42 Å². The number of nitrogens with one attached hydrogen (secondary N) is 2. The lowest BCUT2D eigenvalue weighted by molar-refractivity contribution is -0.286. The molecule has 10 nitrogen and oxygen atoms in total. The standard InChI is InChI=1S/C7H15Cl2N2O4P.C7H15Cl2N2O2P/c8-2-4-11(5-3-9)16(13)10-7(15-12)1-6-14-16;8-2-5-11(6-3-9)14(12)10-4-1-7-13-14/h7,12H,1-6H2,(H,10,13);1-7H2,(H,10,12)/t7-,16-;/m1./s1. The van der Waals surface area contributed by atoms with E-state index >= 15 is 0 Å². The summed E-state index contributed by atoms with van der Waals surface area (Å²) >= 11 is 22.5. The highest BCUT2D eigenvalue weighted by Crippen LogP contribution is 2.49. The van der Waals surface area contributed by atoms with Gasteiger partial charge < -0.3 is 9.05 Å². The predicted octanol–water partition coefficient (Wildman–Crippen LogP) is 3.58. The van der Waals surface area contributed by atoms with E-state index in [-0.39, 0.29) is 6.61 Å². The largest absolute Gasteiger partial charge is 0.345 e. The molecule has 1 unspecified atom stereocenters. The Kier molecular flexibility index (Phi) is 15.7. The van der Waals surface area contributed by atoms with Crippen LogP contribution in [0.2, 0.25) is 0 Å². The molecule has 2 saturated heterocycles. The molecule has 0 aromatic heterocycles. The van der Waals surface area contributed by atoms with Crippen molar-refractivity contribution in [3.8, 4) is 0 Å². The highest BCUT2D eigenvalue weighted by Gasteiger charge is 2.38. The molecule has 16 heteroatoms. The molecule has 0 aromatic rings. The summed E-state index contributed by atoms with van der Waals surface area (Å²) in [5.74, 6) is 1.48. The molecule has 0 bridgehead atoms. The smallest absolute Gasteiger partial charge is 0.306 e. The van der Waals surface area contributed by atoms with Gasteiger partial charge in [0.05, 0.1) is 13.2 Å². The van der Waals surface area contributed by atoms with E-state index in [1.165, 1.54) is 4.67 Å². The summed E-state index contributed by atoms with van der Waals surface area (Å²) < 4.78 is 38.3. The van der Waals surface area contributed by atoms with Crippen LogP contribution >= 0.6 is 61.7 Å². The van der Waals surface area contributed by atoms with Crippen molar-refractivity contribution in [2.45, 2.75) is 19.1 Å². The Morgan fingerprint density at radius 3 is 1.83 bits per heavy atom. The van der Waals surface area contributed by atoms with Gasteiger partial charge in [-0.2, -0.15) is 0 Å². The molecule has 3 atom stereocenters. The van der Waals surface area contributed by atoms with Gasteiger partial charge in [0.2, 0.25) is 0 Å². The number of nitrogens with zero attached hydrogens (tertiary/aromatic N) is 2. The van der Waals surface area contributed by atoms with Gasteiger partial charge in [-0.15, -0.1) is 46.4 Å². The third kappa shape index (κ3) is 9.65. The number of hydrogen-bond acceptors (Lipinski definition) is 6. The van der Waals surface area contributed by atoms with Crippen LogP contribution in [0.4, 0.5) is 0 Å². The van der Waals surface area contributed by atoms with Gasteiger partial charge in [0.25, 0.3) is 0 Å². The van der Waals surface area contributed by atoms with Gasteiger partial charge in [0, 0.05) is 62.7 Å². The highest BCUT2D eigenvalue weighted by molar-refractivity contribution is 7.54. The van der Waals surface area contributed by atoms with Crippen LogP contribution in [0.25, 0.3) is 0 Å². The first kappa shape index (κ1) is 29.3. The van der Waals surface area contributed by atoms with Crippen molar-refractivity contribution in [3.63, 3.8) is 0 Å². The molecule has 3 N–H and O–H groups in total. The molecule has 30 heavy (non-hydrogen) atoms. The van der Waals surface area contributed by atoms with E-state index in [0.717, 1.165) is 13.0 Å². The Morgan fingerprint density at radius 1 is 0.900 bits per heavy atom. The summed E-state index contributed by atoms with van der Waals surface area (Å²) in [7, 11) is -6.04. The summed E-state index contributed by atoms with van der Waals surface area (Å²) in [6.07, 6.45) is 0.628. The molecule has 0 radical (unpaired) electrons. The van der Waals surface area contributed by atoms with Crippen LogP contribution in [0.3, 0.4) is 0 Å². The van der Waals surface area contributed by atoms with Crippen LogP contribution in [-0.2, 0) is 23.1 Å². The van der Waals surface area contributed by atoms with Crippen molar-refractivity contribution in [2.24, 2.45) is 0 Å². The molecule has 180 valence electrons. The summed E-state index contributed by atoms with van der Waals surface area (Å²) in [5.41, 5.74) is 0. The van der Waals surface area contributed by atoms with Gasteiger partial charge in [0.1, 0.15) is 0 Å². The summed E-state index contributed by atoms with van der Waals surface area (Å²) in [6.45, 7) is 3.32. The second kappa shape index (κ2) is 16.0. The highest BCUT2D eigenvalue weighted by atomic mass is 35.5. The average molecular weight is 554 g/mol. The van der Waals surface area contributed by atoms with Crippen LogP contribution in [0.5, 0.6) is 0 Å². The van der Waals surface area contributed by atoms with E-state index in [2.05, 4.69) is 15.1 Å². The molecule has 0 aromatic carbocycles. The molecule has 2 aliphatic heterocycles. The molecule has 0 aliphatic carbocycles. The molecule has 0 amide bonds. The summed E-state index contributed by atoms with van der Waals surface area (Å²) in [5, 5.41) is 14.1. The molecule has 0 saturated carbocycles. The van der Waals surface area contributed by atoms with E-state index < -0.39 is 21.6 Å². The molecule has 2 fully saturated rings. The fraction of sp³-hybridized carbons (Fsp3) is 1.00. The number of rotatable bonds is 11. The van der Waals surface area contributed by atoms with Crippen molar-refractivity contribution in [2.75, 3.05) is 69.5 Å². The minimum atomic E-state index is -3.20. The Hall–Kier alpha value is 1.30. The van der Waals surface area contributed by atoms with Crippen molar-refractivity contribution >= 4 is 61.7 Å². The Labute approximate surface area is 197 Å². The lowest BCUT2D eigenvalue weighted by atomic mass is 10.4. The quantitative estimate of drug-likeness (QED) is 0.152. The number of halogens is 4. The lowest BCUT2D eigenvalue weighted by Crippen LogP contribution is -2.42. The van der Waals surface area contributed by atoms with Gasteiger partial charge in [-0.1, -0.05) is 0 Å². The molecular formula is C14H30Cl4N4O6P2. The topological polar surface area (TPSA) is 113 Å². The number of hydrogen-bond donors (Lipinski definition) is 3. The van der Waals surface area contributed by atoms with E-state index in [1.807, 2.05) is 0 Å². The van der Waals surface area contributed by atoms with E-state index in [4.69, 9.17) is 60.7 Å². The minimum Gasteiger partial charge on any atom is -0.306 e. The van der Waals surface area contributed by atoms with Gasteiger partial charge in [-0.25, -0.2) is 24.4 Å². The zero-order valence-electron chi connectivity index (χ0n) is 16.6. The maximum atomic E-state index is 12.4. The summed E-state index contributed by atoms with van der Waals surface area (Å²) in [6, 6.07) is 0. The van der Waals surface area contributed by atoms with Gasteiger partial charge >= 0.3 is 15.3 Å². The van der Waals surface area contributed by atoms with Crippen molar-refractivity contribution in [1.82, 2.24) is 19.5 Å². The second-order valence-corrected chi connectivity index (χ2v) is 12.0. The van der Waals surface area contributed by atoms with Crippen molar-refractivity contribution in [3.05, 3.63) is 0 Å². The summed E-state index contributed by atoms with van der Waals surface area (Å²) in [4.78, 5) is 4.14. The zero-order chi connectivity index (χ0) is 22.5. The SMILES string of the molecule is O=P1(N(CCCl)CCCl)NCCCO1.O=[P@]1(N(CCCl)CCCl)N[C@H](OO)CCO1. The fourth-order valence-electron chi connectivity index (χ4n) is 2.66. The molecule has 0 spiro atoms. The minimum absolute atomic E-state index is 0.247. The van der Waals surface area contributed by atoms with Crippen LogP contribution in [0.1, 0.15) is 12.8 Å². The van der Waals surface area contributed by atoms with Gasteiger partial charge in [0.15, 0.2) is 6.23 Å². The zero-order valence-corrected chi connectivity index (χ0v) is 21.4. The van der Waals surface area contributed by atoms with E-state index in [0.29, 0.717) is 62.7 Å². The Bertz CT molecular complexity index is 549. The maximum Gasteiger partial charge on any atom is 0.345 e. The van der Waals surface area contributed by atoms with Crippen LogP contribution in [-0.4, -0.2) is 90.3 Å². The third-order valence-corrected chi connectivity index (χ3v) is 9.36. The molecule has 2 heterocycles. The average Bonchev–Trinajstić information content (AvgIpc) is 2.74. The monoisotopic (exact) mass is 552 g/mol. The van der Waals surface area contributed by atoms with Crippen molar-refractivity contribution in [1.29, 1.82) is 0 Å². The molecular weight excluding hydrogens is 524 g/mol. The van der Waals surface area contributed by atoms with Crippen molar-refractivity contribution < 1.29 is 28.3 Å². The Balaban J connectivity index is 0.000000303. The first-order valence-corrected chi connectivity index (χ1v) is 14.8. The normalized spacial score (nSPS) is 29.6. The van der Waals surface area contributed by atoms with E-state index in [1.54, 1.807) is 4.67 Å². The second-order valence-electron chi connectivity index (χ2n) is 6.14. The van der Waals surface area contributed by atoms with Crippen LogP contribution < -0.4 is 10.2 Å². The first-order chi connectivity index (χ1) is 14.4. The fourth-order valence-corrected chi connectivity index (χ4v) is 7.96. The van der Waals surface area contributed by atoms with E-state index in [9.17, 15) is 9.13 Å². The molecule has 2 rings (SSSR count). The van der Waals surface area contributed by atoms with Gasteiger partial charge in [-0.3, -0.25) is 14.4 Å². The first-order valence-electron chi connectivity index (χ1n) is 9.46. The Morgan fingerprint density at radius 2 is 1.40 bits per heavy atom. The van der Waals surface area contributed by atoms with Crippen LogP contribution in [0, 0.1) is 0 Å². The predicted molar refractivity (Wildman–Crippen MR) is 121 cm³/mol. The molecule has 2 aliphatic rings. The lowest BCUT2D eigenvalue weighted by Gasteiger charge is -2.35. The maximum absolute atomic E-state index is 12.4.